The molecule has 1 fully saturated rings. The Balaban J connectivity index is 2.39. The number of rotatable bonds is 2. The largest absolute Gasteiger partial charge is 0.103 e. The van der Waals surface area contributed by atoms with Gasteiger partial charge in [-0.25, -0.2) is 0 Å². The first-order chi connectivity index (χ1) is 4.84. The maximum absolute atomic E-state index is 4.07. The lowest BCUT2D eigenvalue weighted by molar-refractivity contribution is 0.459. The SMILES string of the molecule is C=CC[C@@H]1CCCCC1=C. The van der Waals surface area contributed by atoms with Crippen LogP contribution in [0.25, 0.3) is 0 Å². The third kappa shape index (κ3) is 1.73. The molecule has 1 rings (SSSR count). The van der Waals surface area contributed by atoms with E-state index in [1.165, 1.54) is 31.3 Å². The zero-order valence-corrected chi connectivity index (χ0v) is 6.60. The van der Waals surface area contributed by atoms with Crippen molar-refractivity contribution in [3.63, 3.8) is 0 Å². The first-order valence-corrected chi connectivity index (χ1v) is 4.13. The van der Waals surface area contributed by atoms with Crippen LogP contribution in [0, 0.1) is 5.92 Å². The Labute approximate surface area is 63.6 Å². The van der Waals surface area contributed by atoms with Crippen molar-refractivity contribution in [1.82, 2.24) is 0 Å². The Hall–Kier alpha value is -0.520. The maximum Gasteiger partial charge on any atom is -0.0171 e. The summed E-state index contributed by atoms with van der Waals surface area (Å²) in [7, 11) is 0. The molecule has 0 N–H and O–H groups in total. The van der Waals surface area contributed by atoms with Gasteiger partial charge >= 0.3 is 0 Å². The van der Waals surface area contributed by atoms with E-state index in [0.29, 0.717) is 0 Å². The molecule has 0 amide bonds. The maximum atomic E-state index is 4.07. The number of hydrogen-bond acceptors (Lipinski definition) is 0. The van der Waals surface area contributed by atoms with Gasteiger partial charge in [0, 0.05) is 0 Å². The highest BCUT2D eigenvalue weighted by Crippen LogP contribution is 2.30. The second-order valence-corrected chi connectivity index (χ2v) is 3.13. The molecular formula is C10H16. The molecule has 0 radical (unpaired) electrons. The van der Waals surface area contributed by atoms with Crippen LogP contribution >= 0.6 is 0 Å². The molecule has 0 spiro atoms. The predicted molar refractivity (Wildman–Crippen MR) is 45.9 cm³/mol. The van der Waals surface area contributed by atoms with E-state index in [1.807, 2.05) is 6.08 Å². The molecule has 0 aromatic rings. The number of hydrogen-bond donors (Lipinski definition) is 0. The lowest BCUT2D eigenvalue weighted by Crippen LogP contribution is -2.07. The van der Waals surface area contributed by atoms with Crippen molar-refractivity contribution >= 4 is 0 Å². The van der Waals surface area contributed by atoms with Crippen molar-refractivity contribution in [2.24, 2.45) is 5.92 Å². The van der Waals surface area contributed by atoms with Crippen LogP contribution in [0.15, 0.2) is 24.8 Å². The van der Waals surface area contributed by atoms with Gasteiger partial charge in [-0.3, -0.25) is 0 Å². The van der Waals surface area contributed by atoms with Gasteiger partial charge in [-0.15, -0.1) is 6.58 Å². The molecule has 0 unspecified atom stereocenters. The van der Waals surface area contributed by atoms with Gasteiger partial charge in [-0.05, 0) is 31.6 Å². The van der Waals surface area contributed by atoms with Crippen molar-refractivity contribution < 1.29 is 0 Å². The van der Waals surface area contributed by atoms with Gasteiger partial charge < -0.3 is 0 Å². The Morgan fingerprint density at radius 2 is 2.30 bits per heavy atom. The minimum atomic E-state index is 0.756. The van der Waals surface area contributed by atoms with Gasteiger partial charge in [0.05, 0.1) is 0 Å². The second-order valence-electron chi connectivity index (χ2n) is 3.13. The summed E-state index contributed by atoms with van der Waals surface area (Å²) in [5, 5.41) is 0. The molecule has 0 heteroatoms. The van der Waals surface area contributed by atoms with Gasteiger partial charge in [0.2, 0.25) is 0 Å². The highest BCUT2D eigenvalue weighted by molar-refractivity contribution is 5.04. The Bertz CT molecular complexity index is 133. The van der Waals surface area contributed by atoms with Crippen LogP contribution in [0.1, 0.15) is 32.1 Å². The first-order valence-electron chi connectivity index (χ1n) is 4.13. The fraction of sp³-hybridized carbons (Fsp3) is 0.600. The normalized spacial score (nSPS) is 26.4. The van der Waals surface area contributed by atoms with E-state index in [-0.39, 0.29) is 0 Å². The van der Waals surface area contributed by atoms with Crippen molar-refractivity contribution in [3.8, 4) is 0 Å². The van der Waals surface area contributed by atoms with Gasteiger partial charge in [0.25, 0.3) is 0 Å². The molecule has 0 heterocycles. The van der Waals surface area contributed by atoms with Crippen LogP contribution in [0.2, 0.25) is 0 Å². The molecule has 0 aliphatic heterocycles. The fourth-order valence-corrected chi connectivity index (χ4v) is 1.64. The molecule has 1 aliphatic rings. The predicted octanol–water partition coefficient (Wildman–Crippen LogP) is 3.31. The van der Waals surface area contributed by atoms with E-state index in [1.54, 1.807) is 0 Å². The van der Waals surface area contributed by atoms with E-state index < -0.39 is 0 Å². The van der Waals surface area contributed by atoms with Crippen molar-refractivity contribution in [3.05, 3.63) is 24.8 Å². The minimum Gasteiger partial charge on any atom is -0.103 e. The Kier molecular flexibility index (Phi) is 2.73. The Morgan fingerprint density at radius 3 is 2.90 bits per heavy atom. The van der Waals surface area contributed by atoms with Crippen molar-refractivity contribution in [2.75, 3.05) is 0 Å². The van der Waals surface area contributed by atoms with E-state index in [9.17, 15) is 0 Å². The molecule has 10 heavy (non-hydrogen) atoms. The van der Waals surface area contributed by atoms with Crippen LogP contribution < -0.4 is 0 Å². The molecule has 0 nitrogen and oxygen atoms in total. The van der Waals surface area contributed by atoms with Crippen molar-refractivity contribution in [2.45, 2.75) is 32.1 Å². The summed E-state index contributed by atoms with van der Waals surface area (Å²) < 4.78 is 0. The van der Waals surface area contributed by atoms with Gasteiger partial charge in [0.1, 0.15) is 0 Å². The molecule has 0 aromatic heterocycles. The van der Waals surface area contributed by atoms with E-state index in [0.717, 1.165) is 12.3 Å². The summed E-state index contributed by atoms with van der Waals surface area (Å²) in [6.45, 7) is 7.81. The van der Waals surface area contributed by atoms with Crippen LogP contribution in [-0.4, -0.2) is 0 Å². The third-order valence-corrected chi connectivity index (χ3v) is 2.33. The van der Waals surface area contributed by atoms with Crippen LogP contribution in [0.4, 0.5) is 0 Å². The summed E-state index contributed by atoms with van der Waals surface area (Å²) in [5.41, 5.74) is 1.45. The average Bonchev–Trinajstić information content (AvgIpc) is 1.94. The van der Waals surface area contributed by atoms with Gasteiger partial charge in [-0.1, -0.05) is 24.6 Å². The van der Waals surface area contributed by atoms with Gasteiger partial charge in [-0.2, -0.15) is 0 Å². The van der Waals surface area contributed by atoms with E-state index in [4.69, 9.17) is 0 Å². The molecule has 1 aliphatic carbocycles. The van der Waals surface area contributed by atoms with Crippen LogP contribution in [0.5, 0.6) is 0 Å². The second kappa shape index (κ2) is 3.60. The molecule has 1 saturated carbocycles. The number of allylic oxidation sites excluding steroid dienone is 2. The highest BCUT2D eigenvalue weighted by atomic mass is 14.2. The standard InChI is InChI=1S/C10H16/c1-3-6-10-8-5-4-7-9(10)2/h3,10H,1-2,4-8H2/t10-/m1/s1. The summed E-state index contributed by atoms with van der Waals surface area (Å²) >= 11 is 0. The summed E-state index contributed by atoms with van der Waals surface area (Å²) in [6, 6.07) is 0. The molecule has 1 atom stereocenters. The minimum absolute atomic E-state index is 0.756. The highest BCUT2D eigenvalue weighted by Gasteiger charge is 2.14. The molecular weight excluding hydrogens is 120 g/mol. The topological polar surface area (TPSA) is 0 Å². The fourth-order valence-electron chi connectivity index (χ4n) is 1.64. The molecule has 0 saturated heterocycles. The summed E-state index contributed by atoms with van der Waals surface area (Å²) in [6.07, 6.45) is 8.48. The molecule has 0 aromatic carbocycles. The molecule has 0 bridgehead atoms. The van der Waals surface area contributed by atoms with E-state index >= 15 is 0 Å². The zero-order valence-electron chi connectivity index (χ0n) is 6.60. The quantitative estimate of drug-likeness (QED) is 0.511. The van der Waals surface area contributed by atoms with Crippen LogP contribution in [0.3, 0.4) is 0 Å². The first kappa shape index (κ1) is 7.59. The van der Waals surface area contributed by atoms with Crippen molar-refractivity contribution in [1.29, 1.82) is 0 Å². The summed E-state index contributed by atoms with van der Waals surface area (Å²) in [5.74, 6) is 0.756. The van der Waals surface area contributed by atoms with Crippen LogP contribution in [-0.2, 0) is 0 Å². The molecule has 56 valence electrons. The monoisotopic (exact) mass is 136 g/mol. The Morgan fingerprint density at radius 1 is 1.50 bits per heavy atom. The van der Waals surface area contributed by atoms with Gasteiger partial charge in [0.15, 0.2) is 0 Å². The lowest BCUT2D eigenvalue weighted by atomic mass is 9.83. The zero-order chi connectivity index (χ0) is 7.40. The average molecular weight is 136 g/mol. The lowest BCUT2D eigenvalue weighted by Gasteiger charge is -2.22. The smallest absolute Gasteiger partial charge is 0.0171 e. The summed E-state index contributed by atoms with van der Waals surface area (Å²) in [4.78, 5) is 0. The third-order valence-electron chi connectivity index (χ3n) is 2.33. The van der Waals surface area contributed by atoms with E-state index in [2.05, 4.69) is 13.2 Å².